The molecule has 1 amide bonds. The van der Waals surface area contributed by atoms with E-state index in [9.17, 15) is 9.59 Å². The average molecular weight is 259 g/mol. The van der Waals surface area contributed by atoms with Crippen LogP contribution in [0.2, 0.25) is 0 Å². The van der Waals surface area contributed by atoms with Crippen molar-refractivity contribution in [2.75, 3.05) is 14.2 Å². The highest BCUT2D eigenvalue weighted by Gasteiger charge is 2.34. The molecule has 106 valence electrons. The van der Waals surface area contributed by atoms with Gasteiger partial charge >= 0.3 is 5.97 Å². The van der Waals surface area contributed by atoms with E-state index in [4.69, 9.17) is 9.47 Å². The molecule has 0 aromatic rings. The van der Waals surface area contributed by atoms with Gasteiger partial charge in [0.2, 0.25) is 0 Å². The summed E-state index contributed by atoms with van der Waals surface area (Å²) in [5.41, 5.74) is -0.913. The van der Waals surface area contributed by atoms with Crippen LogP contribution < -0.4 is 5.32 Å². The van der Waals surface area contributed by atoms with Gasteiger partial charge in [0, 0.05) is 7.11 Å². The van der Waals surface area contributed by atoms with Crippen LogP contribution in [-0.2, 0) is 19.1 Å². The lowest BCUT2D eigenvalue weighted by Crippen LogP contribution is -2.52. The Labute approximate surface area is 109 Å². The first kappa shape index (κ1) is 16.9. The minimum atomic E-state index is -0.913. The van der Waals surface area contributed by atoms with Crippen molar-refractivity contribution in [3.8, 4) is 0 Å². The lowest BCUT2D eigenvalue weighted by Gasteiger charge is -2.28. The van der Waals surface area contributed by atoms with E-state index in [1.54, 1.807) is 6.92 Å². The second-order valence-corrected chi connectivity index (χ2v) is 4.97. The highest BCUT2D eigenvalue weighted by molar-refractivity contribution is 5.89. The van der Waals surface area contributed by atoms with Gasteiger partial charge in [-0.1, -0.05) is 20.8 Å². The number of amides is 1. The molecule has 0 bridgehead atoms. The maximum atomic E-state index is 12.1. The second-order valence-electron chi connectivity index (χ2n) is 4.97. The molecular formula is C13H25NO4. The molecule has 0 radical (unpaired) electrons. The molecular weight excluding hydrogens is 234 g/mol. The number of carbonyl (C=O) groups excluding carboxylic acids is 2. The Balaban J connectivity index is 4.77. The topological polar surface area (TPSA) is 64.6 Å². The number of hydrogen-bond acceptors (Lipinski definition) is 4. The van der Waals surface area contributed by atoms with Crippen molar-refractivity contribution in [1.29, 1.82) is 0 Å². The van der Waals surface area contributed by atoms with Crippen LogP contribution in [0.25, 0.3) is 0 Å². The van der Waals surface area contributed by atoms with Crippen molar-refractivity contribution in [1.82, 2.24) is 5.32 Å². The van der Waals surface area contributed by atoms with Gasteiger partial charge in [-0.25, -0.2) is 4.79 Å². The number of methoxy groups -OCH3 is 2. The third kappa shape index (κ3) is 4.64. The number of hydrogen-bond donors (Lipinski definition) is 1. The van der Waals surface area contributed by atoms with Gasteiger partial charge in [0.1, 0.15) is 11.6 Å². The van der Waals surface area contributed by atoms with Gasteiger partial charge in [-0.05, 0) is 25.7 Å². The maximum Gasteiger partial charge on any atom is 0.328 e. The first-order chi connectivity index (χ1) is 8.30. The van der Waals surface area contributed by atoms with Gasteiger partial charge in [0.05, 0.1) is 7.11 Å². The molecule has 2 unspecified atom stereocenters. The minimum absolute atomic E-state index is 0.282. The summed E-state index contributed by atoms with van der Waals surface area (Å²) >= 11 is 0. The van der Waals surface area contributed by atoms with E-state index in [1.165, 1.54) is 14.2 Å². The third-order valence-corrected chi connectivity index (χ3v) is 3.10. The van der Waals surface area contributed by atoms with Crippen LogP contribution in [0.15, 0.2) is 0 Å². The third-order valence-electron chi connectivity index (χ3n) is 3.10. The lowest BCUT2D eigenvalue weighted by atomic mass is 9.99. The number of rotatable bonds is 7. The molecule has 0 aliphatic carbocycles. The molecule has 0 heterocycles. The van der Waals surface area contributed by atoms with E-state index in [1.807, 2.05) is 20.8 Å². The molecule has 0 rings (SSSR count). The number of ether oxygens (including phenoxy) is 2. The van der Waals surface area contributed by atoms with E-state index in [-0.39, 0.29) is 11.8 Å². The van der Waals surface area contributed by atoms with Crippen molar-refractivity contribution in [2.45, 2.75) is 52.2 Å². The average Bonchev–Trinajstić information content (AvgIpc) is 2.35. The van der Waals surface area contributed by atoms with Crippen molar-refractivity contribution in [3.05, 3.63) is 0 Å². The van der Waals surface area contributed by atoms with Crippen LogP contribution in [0.3, 0.4) is 0 Å². The maximum absolute atomic E-state index is 12.1. The van der Waals surface area contributed by atoms with Gasteiger partial charge in [0.25, 0.3) is 5.91 Å². The molecule has 18 heavy (non-hydrogen) atoms. The minimum Gasteiger partial charge on any atom is -0.467 e. The normalized spacial score (nSPS) is 15.9. The summed E-state index contributed by atoms with van der Waals surface area (Å²) in [6, 6.07) is -0.622. The van der Waals surface area contributed by atoms with Crippen molar-refractivity contribution in [3.63, 3.8) is 0 Å². The molecule has 0 aromatic carbocycles. The van der Waals surface area contributed by atoms with Gasteiger partial charge in [-0.3, -0.25) is 4.79 Å². The van der Waals surface area contributed by atoms with Crippen molar-refractivity contribution >= 4 is 11.9 Å². The smallest absolute Gasteiger partial charge is 0.328 e. The number of carbonyl (C=O) groups is 2. The quantitative estimate of drug-likeness (QED) is 0.704. The summed E-state index contributed by atoms with van der Waals surface area (Å²) in [6.45, 7) is 7.53. The second kappa shape index (κ2) is 7.36. The highest BCUT2D eigenvalue weighted by Crippen LogP contribution is 2.15. The molecule has 0 saturated carbocycles. The number of nitrogens with one attached hydrogen (secondary N) is 1. The van der Waals surface area contributed by atoms with Crippen LogP contribution >= 0.6 is 0 Å². The molecule has 2 atom stereocenters. The van der Waals surface area contributed by atoms with Crippen LogP contribution in [-0.4, -0.2) is 37.7 Å². The first-order valence-electron chi connectivity index (χ1n) is 6.24. The summed E-state index contributed by atoms with van der Waals surface area (Å²) in [4.78, 5) is 23.7. The molecule has 0 aliphatic heterocycles. The standard InChI is InChI=1S/C13H25NO4/c1-7-13(4,18-6)12(16)14-10(8-9(2)3)11(15)17-5/h9-10H,7-8H2,1-6H3,(H,14,16). The molecule has 0 aliphatic rings. The summed E-state index contributed by atoms with van der Waals surface area (Å²) in [7, 11) is 2.80. The molecule has 5 heteroatoms. The fraction of sp³-hybridized carbons (Fsp3) is 0.846. The van der Waals surface area contributed by atoms with Gasteiger partial charge in [0.15, 0.2) is 0 Å². The van der Waals surface area contributed by atoms with Crippen LogP contribution in [0, 0.1) is 5.92 Å². The summed E-state index contributed by atoms with van der Waals surface area (Å²) in [5.74, 6) is -0.431. The van der Waals surface area contributed by atoms with Crippen molar-refractivity contribution < 1.29 is 19.1 Å². The van der Waals surface area contributed by atoms with Gasteiger partial charge in [-0.2, -0.15) is 0 Å². The summed E-state index contributed by atoms with van der Waals surface area (Å²) in [5, 5.41) is 2.70. The molecule has 5 nitrogen and oxygen atoms in total. The van der Waals surface area contributed by atoms with E-state index < -0.39 is 17.6 Å². The Bertz CT molecular complexity index is 285. The molecule has 0 saturated heterocycles. The zero-order valence-electron chi connectivity index (χ0n) is 12.2. The largest absolute Gasteiger partial charge is 0.467 e. The van der Waals surface area contributed by atoms with Crippen molar-refractivity contribution in [2.24, 2.45) is 5.92 Å². The number of esters is 1. The Hall–Kier alpha value is -1.10. The van der Waals surface area contributed by atoms with Gasteiger partial charge in [-0.15, -0.1) is 0 Å². The Kier molecular flexibility index (Phi) is 6.91. The Morgan fingerprint density at radius 1 is 1.28 bits per heavy atom. The van der Waals surface area contributed by atoms with E-state index in [0.29, 0.717) is 12.8 Å². The first-order valence-corrected chi connectivity index (χ1v) is 6.24. The molecule has 0 spiro atoms. The highest BCUT2D eigenvalue weighted by atomic mass is 16.5. The summed E-state index contributed by atoms with van der Waals surface area (Å²) < 4.78 is 9.90. The predicted octanol–water partition coefficient (Wildman–Crippen LogP) is 1.51. The fourth-order valence-electron chi connectivity index (χ4n) is 1.54. The van der Waals surface area contributed by atoms with Crippen LogP contribution in [0.5, 0.6) is 0 Å². The summed E-state index contributed by atoms with van der Waals surface area (Å²) in [6.07, 6.45) is 1.08. The van der Waals surface area contributed by atoms with E-state index in [0.717, 1.165) is 0 Å². The van der Waals surface area contributed by atoms with Crippen LogP contribution in [0.1, 0.15) is 40.5 Å². The Morgan fingerprint density at radius 2 is 1.83 bits per heavy atom. The molecule has 0 aromatic heterocycles. The SMILES string of the molecule is CCC(C)(OC)C(=O)NC(CC(C)C)C(=O)OC. The lowest BCUT2D eigenvalue weighted by molar-refractivity contribution is -0.150. The van der Waals surface area contributed by atoms with E-state index >= 15 is 0 Å². The monoisotopic (exact) mass is 259 g/mol. The van der Waals surface area contributed by atoms with E-state index in [2.05, 4.69) is 5.32 Å². The predicted molar refractivity (Wildman–Crippen MR) is 69.1 cm³/mol. The van der Waals surface area contributed by atoms with Crippen LogP contribution in [0.4, 0.5) is 0 Å². The Morgan fingerprint density at radius 3 is 2.17 bits per heavy atom. The molecule has 0 fully saturated rings. The zero-order chi connectivity index (χ0) is 14.3. The zero-order valence-corrected chi connectivity index (χ0v) is 12.2. The fourth-order valence-corrected chi connectivity index (χ4v) is 1.54. The molecule has 1 N–H and O–H groups in total. The van der Waals surface area contributed by atoms with Gasteiger partial charge < -0.3 is 14.8 Å².